The fraction of sp³-hybridized carbons (Fsp3) is 0.639. The van der Waals surface area contributed by atoms with E-state index in [-0.39, 0.29) is 23.9 Å². The standard InChI is InChI=1S/C36H50F2N4O3/c1-36(2,3)26-7-4-24(5-8-26)30-20-25(6-9-32(30)45-29-10-13-40-23-29)35(43)42-16-11-28(12-17-42)44-33-22-27(21-31(37)34(33)38)41-18-14-39-15-19-41/h6,9,20-22,24,26,28-29,39-40H,4-5,7-8,10-19,23H2,1-3H3/p+2/t24?,26?,29-/m0/s1. The number of piperidine rings is 1. The second-order valence-electron chi connectivity index (χ2n) is 14.7. The van der Waals surface area contributed by atoms with Crippen LogP contribution in [0.4, 0.5) is 14.5 Å². The van der Waals surface area contributed by atoms with Gasteiger partial charge in [0, 0.05) is 55.7 Å². The molecule has 4 fully saturated rings. The van der Waals surface area contributed by atoms with E-state index in [1.807, 2.05) is 17.0 Å². The van der Waals surface area contributed by atoms with Crippen LogP contribution < -0.4 is 25.0 Å². The van der Waals surface area contributed by atoms with Gasteiger partial charge in [0.2, 0.25) is 5.82 Å². The van der Waals surface area contributed by atoms with E-state index in [1.165, 1.54) is 24.5 Å². The van der Waals surface area contributed by atoms with Crippen LogP contribution in [0, 0.1) is 23.0 Å². The monoisotopic (exact) mass is 626 g/mol. The molecule has 0 radical (unpaired) electrons. The third-order valence-corrected chi connectivity index (χ3v) is 10.6. The maximum Gasteiger partial charge on any atom is 0.253 e. The zero-order chi connectivity index (χ0) is 31.6. The van der Waals surface area contributed by atoms with Crippen LogP contribution in [-0.4, -0.2) is 75.4 Å². The second-order valence-corrected chi connectivity index (χ2v) is 14.7. The van der Waals surface area contributed by atoms with Crippen molar-refractivity contribution in [2.45, 2.75) is 83.8 Å². The van der Waals surface area contributed by atoms with Gasteiger partial charge in [-0.1, -0.05) is 20.8 Å². The van der Waals surface area contributed by atoms with Crippen molar-refractivity contribution in [1.82, 2.24) is 4.90 Å². The average Bonchev–Trinajstić information content (AvgIpc) is 3.56. The summed E-state index contributed by atoms with van der Waals surface area (Å²) in [4.78, 5) is 17.7. The van der Waals surface area contributed by atoms with Gasteiger partial charge >= 0.3 is 0 Å². The molecule has 2 aromatic carbocycles. The highest BCUT2D eigenvalue weighted by atomic mass is 19.2. The highest BCUT2D eigenvalue weighted by Gasteiger charge is 2.33. The Morgan fingerprint density at radius 2 is 1.51 bits per heavy atom. The molecule has 4 aliphatic rings. The molecule has 9 heteroatoms. The number of carbonyl (C=O) groups is 1. The number of piperazine rings is 1. The normalized spacial score (nSPS) is 25.0. The third kappa shape index (κ3) is 7.57. The first-order valence-electron chi connectivity index (χ1n) is 17.3. The van der Waals surface area contributed by atoms with E-state index < -0.39 is 11.6 Å². The largest absolute Gasteiger partial charge is 0.487 e. The van der Waals surface area contributed by atoms with Crippen LogP contribution in [0.2, 0.25) is 0 Å². The van der Waals surface area contributed by atoms with Crippen molar-refractivity contribution < 1.29 is 33.7 Å². The Bertz CT molecular complexity index is 1320. The van der Waals surface area contributed by atoms with E-state index in [0.717, 1.165) is 64.3 Å². The minimum atomic E-state index is -0.942. The first-order valence-corrected chi connectivity index (χ1v) is 17.3. The number of amides is 1. The first kappa shape index (κ1) is 32.0. The quantitative estimate of drug-likeness (QED) is 0.486. The number of benzene rings is 2. The zero-order valence-corrected chi connectivity index (χ0v) is 27.3. The number of hydrogen-bond donors (Lipinski definition) is 2. The molecular formula is C36H52F2N4O3+2. The van der Waals surface area contributed by atoms with Crippen molar-refractivity contribution in [3.8, 4) is 11.5 Å². The van der Waals surface area contributed by atoms with Gasteiger partial charge in [0.05, 0.1) is 32.7 Å². The Morgan fingerprint density at radius 1 is 0.800 bits per heavy atom. The van der Waals surface area contributed by atoms with Gasteiger partial charge in [0.15, 0.2) is 17.7 Å². The molecule has 0 aromatic heterocycles. The number of likely N-dealkylation sites (tertiary alicyclic amines) is 1. The molecule has 4 N–H and O–H groups in total. The van der Waals surface area contributed by atoms with E-state index in [1.54, 1.807) is 6.07 Å². The zero-order valence-electron chi connectivity index (χ0n) is 27.3. The Labute approximate surface area is 267 Å². The lowest BCUT2D eigenvalue weighted by atomic mass is 9.68. The van der Waals surface area contributed by atoms with Crippen LogP contribution in [0.1, 0.15) is 87.6 Å². The number of ether oxygens (including phenoxy) is 2. The van der Waals surface area contributed by atoms with Gasteiger partial charge in [-0.2, -0.15) is 4.39 Å². The number of hydrogen-bond acceptors (Lipinski definition) is 4. The lowest BCUT2D eigenvalue weighted by Gasteiger charge is -2.37. The highest BCUT2D eigenvalue weighted by molar-refractivity contribution is 5.94. The fourth-order valence-corrected chi connectivity index (χ4v) is 7.76. The molecule has 1 aliphatic carbocycles. The smallest absolute Gasteiger partial charge is 0.253 e. The van der Waals surface area contributed by atoms with Crippen molar-refractivity contribution in [3.05, 3.63) is 53.1 Å². The second kappa shape index (κ2) is 13.8. The molecule has 3 heterocycles. The lowest BCUT2D eigenvalue weighted by Crippen LogP contribution is -2.89. The molecular weight excluding hydrogens is 574 g/mol. The molecule has 6 rings (SSSR count). The molecule has 1 atom stereocenters. The number of carbonyl (C=O) groups excluding carboxylic acids is 1. The molecule has 0 bridgehead atoms. The first-order chi connectivity index (χ1) is 21.7. The molecule has 3 aliphatic heterocycles. The molecule has 0 spiro atoms. The predicted molar refractivity (Wildman–Crippen MR) is 171 cm³/mol. The SMILES string of the molecule is CC(C)(C)C1CCC(c2cc(C(=O)N3CCC(Oc4cc(N5CC[NH2+]CC5)cc(F)c4F)CC3)ccc2O[C@H]2CC[NH2+]C2)CC1. The Balaban J connectivity index is 1.11. The molecule has 2 aromatic rings. The van der Waals surface area contributed by atoms with Gasteiger partial charge < -0.3 is 29.9 Å². The summed E-state index contributed by atoms with van der Waals surface area (Å²) in [5, 5.41) is 4.53. The number of halogens is 2. The molecule has 1 amide bonds. The summed E-state index contributed by atoms with van der Waals surface area (Å²) in [6.45, 7) is 13.6. The molecule has 246 valence electrons. The number of nitrogens with zero attached hydrogens (tertiary/aromatic N) is 2. The van der Waals surface area contributed by atoms with E-state index >= 15 is 0 Å². The Morgan fingerprint density at radius 3 is 2.18 bits per heavy atom. The number of quaternary nitrogens is 2. The van der Waals surface area contributed by atoms with Crippen LogP contribution in [0.5, 0.6) is 11.5 Å². The van der Waals surface area contributed by atoms with Crippen molar-refractivity contribution in [2.75, 3.05) is 57.3 Å². The minimum absolute atomic E-state index is 0.0138. The van der Waals surface area contributed by atoms with Gasteiger partial charge in [0.25, 0.3) is 5.91 Å². The summed E-state index contributed by atoms with van der Waals surface area (Å²) in [5.74, 6) is 0.202. The summed E-state index contributed by atoms with van der Waals surface area (Å²) in [5.41, 5.74) is 2.85. The van der Waals surface area contributed by atoms with Crippen LogP contribution in [0.3, 0.4) is 0 Å². The van der Waals surface area contributed by atoms with Crippen molar-refractivity contribution >= 4 is 11.6 Å². The van der Waals surface area contributed by atoms with Gasteiger partial charge in [-0.15, -0.1) is 0 Å². The molecule has 3 saturated heterocycles. The summed E-state index contributed by atoms with van der Waals surface area (Å²) >= 11 is 0. The van der Waals surface area contributed by atoms with Crippen molar-refractivity contribution in [3.63, 3.8) is 0 Å². The molecule has 0 unspecified atom stereocenters. The summed E-state index contributed by atoms with van der Waals surface area (Å²) in [7, 11) is 0. The van der Waals surface area contributed by atoms with E-state index in [9.17, 15) is 13.6 Å². The van der Waals surface area contributed by atoms with Gasteiger partial charge in [-0.3, -0.25) is 4.79 Å². The third-order valence-electron chi connectivity index (χ3n) is 10.6. The van der Waals surface area contributed by atoms with Crippen LogP contribution in [0.25, 0.3) is 0 Å². The predicted octanol–water partition coefficient (Wildman–Crippen LogP) is 4.07. The molecule has 7 nitrogen and oxygen atoms in total. The van der Waals surface area contributed by atoms with Gasteiger partial charge in [-0.25, -0.2) is 4.39 Å². The van der Waals surface area contributed by atoms with Gasteiger partial charge in [-0.05, 0) is 66.7 Å². The summed E-state index contributed by atoms with van der Waals surface area (Å²) in [6.07, 6.45) is 6.74. The Hall–Kier alpha value is -2.91. The van der Waals surface area contributed by atoms with E-state index in [4.69, 9.17) is 9.47 Å². The van der Waals surface area contributed by atoms with Crippen molar-refractivity contribution in [1.29, 1.82) is 0 Å². The minimum Gasteiger partial charge on any atom is -0.487 e. The van der Waals surface area contributed by atoms with Crippen molar-refractivity contribution in [2.24, 2.45) is 11.3 Å². The van der Waals surface area contributed by atoms with Gasteiger partial charge in [0.1, 0.15) is 18.4 Å². The number of rotatable bonds is 7. The average molecular weight is 627 g/mol. The summed E-state index contributed by atoms with van der Waals surface area (Å²) in [6, 6.07) is 8.94. The number of nitrogens with two attached hydrogens (primary N) is 2. The van der Waals surface area contributed by atoms with Crippen LogP contribution in [0.15, 0.2) is 30.3 Å². The molecule has 1 saturated carbocycles. The maximum absolute atomic E-state index is 14.8. The Kier molecular flexibility index (Phi) is 9.85. The number of anilines is 1. The topological polar surface area (TPSA) is 75.2 Å². The maximum atomic E-state index is 14.8. The van der Waals surface area contributed by atoms with Crippen LogP contribution in [-0.2, 0) is 0 Å². The lowest BCUT2D eigenvalue weighted by molar-refractivity contribution is -0.655. The highest BCUT2D eigenvalue weighted by Crippen LogP contribution is 2.45. The molecule has 45 heavy (non-hydrogen) atoms. The van der Waals surface area contributed by atoms with E-state index in [0.29, 0.717) is 54.4 Å². The van der Waals surface area contributed by atoms with E-state index in [2.05, 4.69) is 42.4 Å². The summed E-state index contributed by atoms with van der Waals surface area (Å²) < 4.78 is 41.9. The van der Waals surface area contributed by atoms with Crippen LogP contribution >= 0.6 is 0 Å². The fourth-order valence-electron chi connectivity index (χ4n) is 7.76.